The van der Waals surface area contributed by atoms with E-state index in [0.717, 1.165) is 56.0 Å². The van der Waals surface area contributed by atoms with Crippen LogP contribution in [-0.4, -0.2) is 65.6 Å². The molecule has 6 heteroatoms. The number of rotatable bonds is 5. The Kier molecular flexibility index (Phi) is 5.21. The number of likely N-dealkylation sites (tertiary alicyclic amines) is 2. The molecule has 3 aliphatic rings. The summed E-state index contributed by atoms with van der Waals surface area (Å²) in [7, 11) is 2.19. The second-order valence-corrected chi connectivity index (χ2v) is 8.99. The maximum absolute atomic E-state index is 13.0. The average molecular weight is 408 g/mol. The number of carbonyl (C=O) groups is 1. The number of piperidine rings is 1. The second kappa shape index (κ2) is 8.00. The first kappa shape index (κ1) is 19.5. The molecule has 1 amide bonds. The molecule has 5 rings (SSSR count). The van der Waals surface area contributed by atoms with Crippen molar-refractivity contribution in [3.63, 3.8) is 0 Å². The Bertz CT molecular complexity index is 873. The van der Waals surface area contributed by atoms with E-state index in [1.54, 1.807) is 6.20 Å². The van der Waals surface area contributed by atoms with Gasteiger partial charge in [-0.15, -0.1) is 0 Å². The predicted octanol–water partition coefficient (Wildman–Crippen LogP) is 2.52. The minimum Gasteiger partial charge on any atom is -0.480 e. The lowest BCUT2D eigenvalue weighted by Crippen LogP contribution is -2.73. The zero-order valence-electron chi connectivity index (χ0n) is 17.5. The van der Waals surface area contributed by atoms with Gasteiger partial charge in [-0.3, -0.25) is 14.7 Å². The lowest BCUT2D eigenvalue weighted by molar-refractivity contribution is -0.157. The normalized spacial score (nSPS) is 24.9. The number of carbonyl (C=O) groups excluding carboxylic acids is 1. The van der Waals surface area contributed by atoms with E-state index in [4.69, 9.17) is 9.47 Å². The van der Waals surface area contributed by atoms with Crippen LogP contribution in [0.3, 0.4) is 0 Å². The maximum Gasteiger partial charge on any atom is 0.264 e. The van der Waals surface area contributed by atoms with Crippen LogP contribution in [0.15, 0.2) is 48.8 Å². The summed E-state index contributed by atoms with van der Waals surface area (Å²) < 4.78 is 11.9. The molecule has 0 saturated carbocycles. The molecule has 3 aliphatic heterocycles. The number of hydrogen-bond acceptors (Lipinski definition) is 5. The zero-order valence-corrected chi connectivity index (χ0v) is 17.5. The molecule has 158 valence electrons. The molecule has 0 radical (unpaired) electrons. The van der Waals surface area contributed by atoms with E-state index < -0.39 is 0 Å². The summed E-state index contributed by atoms with van der Waals surface area (Å²) >= 11 is 0. The molecule has 2 atom stereocenters. The molecular weight excluding hydrogens is 378 g/mol. The number of amides is 1. The quantitative estimate of drug-likeness (QED) is 0.762. The van der Waals surface area contributed by atoms with Crippen LogP contribution in [0, 0.1) is 5.92 Å². The van der Waals surface area contributed by atoms with Crippen LogP contribution in [0.2, 0.25) is 0 Å². The summed E-state index contributed by atoms with van der Waals surface area (Å²) in [5.41, 5.74) is 2.33. The van der Waals surface area contributed by atoms with Gasteiger partial charge in [0.05, 0.1) is 12.1 Å². The van der Waals surface area contributed by atoms with Crippen LogP contribution in [0.4, 0.5) is 0 Å². The molecule has 0 N–H and O–H groups in total. The summed E-state index contributed by atoms with van der Waals surface area (Å²) in [4.78, 5) is 21.6. The molecular formula is C24H29N3O3. The van der Waals surface area contributed by atoms with E-state index >= 15 is 0 Å². The highest BCUT2D eigenvalue weighted by Gasteiger charge is 2.52. The number of para-hydroxylation sites is 1. The summed E-state index contributed by atoms with van der Waals surface area (Å²) in [6, 6.07) is 11.9. The van der Waals surface area contributed by atoms with Crippen molar-refractivity contribution in [1.29, 1.82) is 0 Å². The van der Waals surface area contributed by atoms with Gasteiger partial charge in [-0.05, 0) is 55.6 Å². The lowest BCUT2D eigenvalue weighted by Gasteiger charge is -2.58. The minimum atomic E-state index is -0.368. The zero-order chi connectivity index (χ0) is 20.6. The molecule has 1 aromatic carbocycles. The van der Waals surface area contributed by atoms with E-state index in [2.05, 4.69) is 16.9 Å². The highest BCUT2D eigenvalue weighted by Crippen LogP contribution is 2.39. The molecule has 4 heterocycles. The van der Waals surface area contributed by atoms with Crippen molar-refractivity contribution in [2.24, 2.45) is 5.92 Å². The van der Waals surface area contributed by atoms with Gasteiger partial charge < -0.3 is 14.4 Å². The average Bonchev–Trinajstić information content (AvgIpc) is 3.18. The van der Waals surface area contributed by atoms with Crippen molar-refractivity contribution in [2.45, 2.75) is 37.5 Å². The Morgan fingerprint density at radius 1 is 1.27 bits per heavy atom. The summed E-state index contributed by atoms with van der Waals surface area (Å²) in [6.07, 6.45) is 6.16. The van der Waals surface area contributed by atoms with Crippen LogP contribution >= 0.6 is 0 Å². The standard InChI is InChI=1S/C24H29N3O3/c1-26-10-8-18(14-29-15-19-5-4-9-25-13-19)12-24(26)16-27(17-24)23(28)22-11-20-6-2-3-7-21(20)30-22/h2-7,9,13,18,22H,8,10-12,14-17H2,1H3/t18-,22+/m0/s1. The number of nitrogens with zero attached hydrogens (tertiary/aromatic N) is 3. The fourth-order valence-electron chi connectivity index (χ4n) is 5.09. The highest BCUT2D eigenvalue weighted by atomic mass is 16.5. The SMILES string of the molecule is CN1CC[C@H](COCc2cccnc2)CC12CN(C(=O)[C@H]1Cc3ccccc3O1)C2. The predicted molar refractivity (Wildman–Crippen MR) is 113 cm³/mol. The van der Waals surface area contributed by atoms with Gasteiger partial charge in [-0.1, -0.05) is 24.3 Å². The van der Waals surface area contributed by atoms with Crippen molar-refractivity contribution in [1.82, 2.24) is 14.8 Å². The van der Waals surface area contributed by atoms with Gasteiger partial charge in [0.1, 0.15) is 5.75 Å². The molecule has 2 aromatic rings. The van der Waals surface area contributed by atoms with E-state index in [0.29, 0.717) is 18.9 Å². The number of fused-ring (bicyclic) bond motifs is 1. The van der Waals surface area contributed by atoms with E-state index in [9.17, 15) is 4.79 Å². The van der Waals surface area contributed by atoms with E-state index in [1.807, 2.05) is 47.5 Å². The molecule has 0 bridgehead atoms. The Balaban J connectivity index is 1.13. The van der Waals surface area contributed by atoms with Crippen molar-refractivity contribution >= 4 is 5.91 Å². The number of benzene rings is 1. The van der Waals surface area contributed by atoms with Crippen molar-refractivity contribution < 1.29 is 14.3 Å². The Morgan fingerprint density at radius 2 is 2.13 bits per heavy atom. The number of aromatic nitrogens is 1. The summed E-state index contributed by atoms with van der Waals surface area (Å²) in [5.74, 6) is 1.51. The first-order valence-corrected chi connectivity index (χ1v) is 10.8. The highest BCUT2D eigenvalue weighted by molar-refractivity contribution is 5.83. The van der Waals surface area contributed by atoms with Gasteiger partial charge in [-0.2, -0.15) is 0 Å². The number of likely N-dealkylation sites (N-methyl/N-ethyl adjacent to an activating group) is 1. The fraction of sp³-hybridized carbons (Fsp3) is 0.500. The van der Waals surface area contributed by atoms with Gasteiger partial charge in [-0.25, -0.2) is 0 Å². The Morgan fingerprint density at radius 3 is 2.93 bits per heavy atom. The van der Waals surface area contributed by atoms with Crippen molar-refractivity contribution in [2.75, 3.05) is 33.3 Å². The molecule has 30 heavy (non-hydrogen) atoms. The van der Waals surface area contributed by atoms with Crippen LogP contribution < -0.4 is 4.74 Å². The van der Waals surface area contributed by atoms with Gasteiger partial charge in [0, 0.05) is 38.5 Å². The molecule has 2 fully saturated rings. The van der Waals surface area contributed by atoms with Crippen molar-refractivity contribution in [3.8, 4) is 5.75 Å². The number of pyridine rings is 1. The topological polar surface area (TPSA) is 54.9 Å². The maximum atomic E-state index is 13.0. The van der Waals surface area contributed by atoms with Crippen molar-refractivity contribution in [3.05, 3.63) is 59.9 Å². The summed E-state index contributed by atoms with van der Waals surface area (Å²) in [6.45, 7) is 4.00. The first-order valence-electron chi connectivity index (χ1n) is 10.8. The fourth-order valence-corrected chi connectivity index (χ4v) is 5.09. The van der Waals surface area contributed by atoms with E-state index in [1.165, 1.54) is 0 Å². The molecule has 0 unspecified atom stereocenters. The molecule has 1 aromatic heterocycles. The van der Waals surface area contributed by atoms with Gasteiger partial charge in [0.2, 0.25) is 0 Å². The van der Waals surface area contributed by atoms with Crippen LogP contribution in [0.25, 0.3) is 0 Å². The van der Waals surface area contributed by atoms with Crippen LogP contribution in [0.5, 0.6) is 5.75 Å². The molecule has 2 saturated heterocycles. The monoisotopic (exact) mass is 407 g/mol. The van der Waals surface area contributed by atoms with Gasteiger partial charge in [0.25, 0.3) is 5.91 Å². The minimum absolute atomic E-state index is 0.0850. The molecule has 0 aliphatic carbocycles. The van der Waals surface area contributed by atoms with E-state index in [-0.39, 0.29) is 17.6 Å². The Hall–Kier alpha value is -2.44. The molecule has 1 spiro atoms. The lowest BCUT2D eigenvalue weighted by atomic mass is 9.75. The number of hydrogen-bond donors (Lipinski definition) is 0. The molecule has 6 nitrogen and oxygen atoms in total. The first-order chi connectivity index (χ1) is 14.6. The Labute approximate surface area is 177 Å². The second-order valence-electron chi connectivity index (χ2n) is 8.99. The number of ether oxygens (including phenoxy) is 2. The third-order valence-electron chi connectivity index (χ3n) is 6.90. The largest absolute Gasteiger partial charge is 0.480 e. The third-order valence-corrected chi connectivity index (χ3v) is 6.90. The smallest absolute Gasteiger partial charge is 0.264 e. The van der Waals surface area contributed by atoms with Gasteiger partial charge >= 0.3 is 0 Å². The third kappa shape index (κ3) is 3.70. The van der Waals surface area contributed by atoms with Crippen LogP contribution in [0.1, 0.15) is 24.0 Å². The van der Waals surface area contributed by atoms with Crippen LogP contribution in [-0.2, 0) is 22.6 Å². The van der Waals surface area contributed by atoms with Gasteiger partial charge in [0.15, 0.2) is 6.10 Å². The summed E-state index contributed by atoms with van der Waals surface area (Å²) in [5, 5.41) is 0.